The molecule has 1 aliphatic heterocycles. The first kappa shape index (κ1) is 13.1. The smallest absolute Gasteiger partial charge is 0.0541 e. The predicted octanol–water partition coefficient (Wildman–Crippen LogP) is 3.23. The molecule has 1 N–H and O–H groups in total. The standard InChI is InChI=1S/C13H16BrClN2/c1-2-13(17-7-5-16-6-8-17)11-9-10(15)3-4-12(11)14/h2-4,9,13,16H,1,5-8H2/t13-/m1/s1. The summed E-state index contributed by atoms with van der Waals surface area (Å²) >= 11 is 9.66. The average Bonchev–Trinajstić information content (AvgIpc) is 2.36. The molecule has 1 aromatic carbocycles. The maximum atomic E-state index is 6.07. The Labute approximate surface area is 116 Å². The van der Waals surface area contributed by atoms with E-state index in [4.69, 9.17) is 11.6 Å². The molecule has 0 aliphatic carbocycles. The highest BCUT2D eigenvalue weighted by Crippen LogP contribution is 2.31. The minimum absolute atomic E-state index is 0.227. The summed E-state index contributed by atoms with van der Waals surface area (Å²) in [6.45, 7) is 8.09. The molecule has 0 aromatic heterocycles. The van der Waals surface area contributed by atoms with Crippen LogP contribution in [0.2, 0.25) is 5.02 Å². The van der Waals surface area contributed by atoms with E-state index < -0.39 is 0 Å². The van der Waals surface area contributed by atoms with Crippen LogP contribution in [-0.4, -0.2) is 31.1 Å². The lowest BCUT2D eigenvalue weighted by Crippen LogP contribution is -2.44. The van der Waals surface area contributed by atoms with Gasteiger partial charge in [0.05, 0.1) is 6.04 Å². The second kappa shape index (κ2) is 6.01. The van der Waals surface area contributed by atoms with E-state index in [-0.39, 0.29) is 6.04 Å². The molecule has 2 nitrogen and oxygen atoms in total. The van der Waals surface area contributed by atoms with Crippen LogP contribution < -0.4 is 5.32 Å². The van der Waals surface area contributed by atoms with E-state index in [1.165, 1.54) is 5.56 Å². The molecule has 1 saturated heterocycles. The normalized spacial score (nSPS) is 18.9. The van der Waals surface area contributed by atoms with Crippen LogP contribution in [0.15, 0.2) is 35.3 Å². The van der Waals surface area contributed by atoms with Crippen molar-refractivity contribution in [3.05, 3.63) is 45.9 Å². The van der Waals surface area contributed by atoms with E-state index in [0.717, 1.165) is 35.7 Å². The maximum absolute atomic E-state index is 6.07. The number of hydrogen-bond acceptors (Lipinski definition) is 2. The second-order valence-corrected chi connectivity index (χ2v) is 5.42. The van der Waals surface area contributed by atoms with Gasteiger partial charge in [0.25, 0.3) is 0 Å². The van der Waals surface area contributed by atoms with Gasteiger partial charge in [0, 0.05) is 35.7 Å². The largest absolute Gasteiger partial charge is 0.314 e. The van der Waals surface area contributed by atoms with Crippen LogP contribution in [0.1, 0.15) is 11.6 Å². The summed E-state index contributed by atoms with van der Waals surface area (Å²) in [6.07, 6.45) is 1.99. The minimum Gasteiger partial charge on any atom is -0.314 e. The molecular formula is C13H16BrClN2. The molecule has 92 valence electrons. The molecule has 0 bridgehead atoms. The number of rotatable bonds is 3. The lowest BCUT2D eigenvalue weighted by atomic mass is 10.0. The molecule has 0 spiro atoms. The van der Waals surface area contributed by atoms with Crippen LogP contribution in [0.5, 0.6) is 0 Å². The third-order valence-electron chi connectivity index (χ3n) is 3.04. The Morgan fingerprint density at radius 2 is 2.12 bits per heavy atom. The summed E-state index contributed by atoms with van der Waals surface area (Å²) in [5.74, 6) is 0. The van der Waals surface area contributed by atoms with Gasteiger partial charge in [-0.2, -0.15) is 0 Å². The Balaban J connectivity index is 2.27. The van der Waals surface area contributed by atoms with E-state index in [0.29, 0.717) is 0 Å². The highest BCUT2D eigenvalue weighted by atomic mass is 79.9. The van der Waals surface area contributed by atoms with Gasteiger partial charge in [0.1, 0.15) is 0 Å². The third kappa shape index (κ3) is 3.10. The van der Waals surface area contributed by atoms with Gasteiger partial charge in [-0.1, -0.05) is 33.6 Å². The van der Waals surface area contributed by atoms with Crippen molar-refractivity contribution in [3.8, 4) is 0 Å². The molecule has 0 amide bonds. The molecule has 0 unspecified atom stereocenters. The van der Waals surface area contributed by atoms with Gasteiger partial charge in [0.2, 0.25) is 0 Å². The van der Waals surface area contributed by atoms with Gasteiger partial charge in [-0.05, 0) is 23.8 Å². The number of piperazine rings is 1. The van der Waals surface area contributed by atoms with Gasteiger partial charge in [-0.15, -0.1) is 6.58 Å². The molecule has 2 rings (SSSR count). The first-order valence-electron chi connectivity index (χ1n) is 5.74. The summed E-state index contributed by atoms with van der Waals surface area (Å²) in [5.41, 5.74) is 1.19. The molecule has 0 radical (unpaired) electrons. The third-order valence-corrected chi connectivity index (χ3v) is 4.00. The van der Waals surface area contributed by atoms with Crippen molar-refractivity contribution in [1.29, 1.82) is 0 Å². The van der Waals surface area contributed by atoms with Crippen molar-refractivity contribution in [2.24, 2.45) is 0 Å². The zero-order valence-electron chi connectivity index (χ0n) is 9.63. The molecular weight excluding hydrogens is 300 g/mol. The SMILES string of the molecule is C=C[C@H](c1cc(Cl)ccc1Br)N1CCNCC1. The van der Waals surface area contributed by atoms with Crippen LogP contribution in [0.25, 0.3) is 0 Å². The minimum atomic E-state index is 0.227. The van der Waals surface area contributed by atoms with Crippen LogP contribution in [-0.2, 0) is 0 Å². The summed E-state index contributed by atoms with van der Waals surface area (Å²) in [7, 11) is 0. The Bertz CT molecular complexity index is 402. The Kier molecular flexibility index (Phi) is 4.62. The zero-order valence-corrected chi connectivity index (χ0v) is 12.0. The lowest BCUT2D eigenvalue weighted by Gasteiger charge is -2.34. The van der Waals surface area contributed by atoms with Crippen molar-refractivity contribution < 1.29 is 0 Å². The molecule has 1 atom stereocenters. The van der Waals surface area contributed by atoms with E-state index >= 15 is 0 Å². The molecule has 4 heteroatoms. The number of hydrogen-bond donors (Lipinski definition) is 1. The fraction of sp³-hybridized carbons (Fsp3) is 0.385. The monoisotopic (exact) mass is 314 g/mol. The molecule has 1 heterocycles. The van der Waals surface area contributed by atoms with Crippen molar-refractivity contribution in [3.63, 3.8) is 0 Å². The van der Waals surface area contributed by atoms with Crippen molar-refractivity contribution in [2.45, 2.75) is 6.04 Å². The fourth-order valence-corrected chi connectivity index (χ4v) is 2.84. The summed E-state index contributed by atoms with van der Waals surface area (Å²) in [5, 5.41) is 4.13. The van der Waals surface area contributed by atoms with E-state index in [1.807, 2.05) is 24.3 Å². The molecule has 1 fully saturated rings. The van der Waals surface area contributed by atoms with Gasteiger partial charge in [0.15, 0.2) is 0 Å². The van der Waals surface area contributed by atoms with Crippen LogP contribution in [0, 0.1) is 0 Å². The van der Waals surface area contributed by atoms with E-state index in [9.17, 15) is 0 Å². The zero-order chi connectivity index (χ0) is 12.3. The van der Waals surface area contributed by atoms with Crippen molar-refractivity contribution >= 4 is 27.5 Å². The maximum Gasteiger partial charge on any atom is 0.0541 e. The summed E-state index contributed by atoms with van der Waals surface area (Å²) < 4.78 is 1.09. The predicted molar refractivity (Wildman–Crippen MR) is 76.5 cm³/mol. The average molecular weight is 316 g/mol. The first-order valence-corrected chi connectivity index (χ1v) is 6.91. The Morgan fingerprint density at radius 1 is 1.41 bits per heavy atom. The van der Waals surface area contributed by atoms with Crippen LogP contribution in [0.3, 0.4) is 0 Å². The molecule has 17 heavy (non-hydrogen) atoms. The fourth-order valence-electron chi connectivity index (χ4n) is 2.17. The van der Waals surface area contributed by atoms with Gasteiger partial charge in [-0.3, -0.25) is 4.90 Å². The van der Waals surface area contributed by atoms with Crippen molar-refractivity contribution in [2.75, 3.05) is 26.2 Å². The molecule has 1 aliphatic rings. The first-order chi connectivity index (χ1) is 8.22. The highest BCUT2D eigenvalue weighted by molar-refractivity contribution is 9.10. The quantitative estimate of drug-likeness (QED) is 0.862. The number of benzene rings is 1. The second-order valence-electron chi connectivity index (χ2n) is 4.13. The number of halogens is 2. The van der Waals surface area contributed by atoms with Gasteiger partial charge in [-0.25, -0.2) is 0 Å². The number of nitrogens with zero attached hydrogens (tertiary/aromatic N) is 1. The topological polar surface area (TPSA) is 15.3 Å². The van der Waals surface area contributed by atoms with Crippen molar-refractivity contribution in [1.82, 2.24) is 10.2 Å². The van der Waals surface area contributed by atoms with E-state index in [2.05, 4.69) is 32.7 Å². The summed E-state index contributed by atoms with van der Waals surface area (Å²) in [6, 6.07) is 6.13. The van der Waals surface area contributed by atoms with Gasteiger partial charge < -0.3 is 5.32 Å². The Morgan fingerprint density at radius 3 is 2.76 bits per heavy atom. The molecule has 0 saturated carbocycles. The highest BCUT2D eigenvalue weighted by Gasteiger charge is 2.21. The number of nitrogens with one attached hydrogen (secondary N) is 1. The van der Waals surface area contributed by atoms with E-state index in [1.54, 1.807) is 0 Å². The van der Waals surface area contributed by atoms with Gasteiger partial charge >= 0.3 is 0 Å². The Hall–Kier alpha value is -0.350. The molecule has 1 aromatic rings. The van der Waals surface area contributed by atoms with Crippen LogP contribution in [0.4, 0.5) is 0 Å². The van der Waals surface area contributed by atoms with Crippen LogP contribution >= 0.6 is 27.5 Å². The lowest BCUT2D eigenvalue weighted by molar-refractivity contribution is 0.203. The summed E-state index contributed by atoms with van der Waals surface area (Å²) in [4.78, 5) is 2.42.